The summed E-state index contributed by atoms with van der Waals surface area (Å²) >= 11 is 1.07. The molecule has 0 aliphatic rings. The fourth-order valence-electron chi connectivity index (χ4n) is 2.92. The summed E-state index contributed by atoms with van der Waals surface area (Å²) in [6.07, 6.45) is 1.58. The number of aryl methyl sites for hydroxylation is 2. The Labute approximate surface area is 176 Å². The molecule has 0 fully saturated rings. The van der Waals surface area contributed by atoms with Gasteiger partial charge in [-0.15, -0.1) is 10.2 Å². The Morgan fingerprint density at radius 1 is 1.07 bits per heavy atom. The van der Waals surface area contributed by atoms with Gasteiger partial charge in [-0.1, -0.05) is 23.5 Å². The molecule has 8 nitrogen and oxygen atoms in total. The lowest BCUT2D eigenvalue weighted by Gasteiger charge is -2.24. The van der Waals surface area contributed by atoms with E-state index in [1.807, 2.05) is 31.2 Å². The summed E-state index contributed by atoms with van der Waals surface area (Å²) in [5.74, 6) is -0.281. The summed E-state index contributed by atoms with van der Waals surface area (Å²) in [5, 5.41) is 15.0. The highest BCUT2D eigenvalue weighted by molar-refractivity contribution is 7.93. The highest BCUT2D eigenvalue weighted by atomic mass is 32.2. The molecule has 0 aliphatic carbocycles. The maximum atomic E-state index is 14.9. The third kappa shape index (κ3) is 4.02. The highest BCUT2D eigenvalue weighted by Crippen LogP contribution is 2.35. The van der Waals surface area contributed by atoms with E-state index in [0.29, 0.717) is 16.5 Å². The largest absolute Gasteiger partial charge is 0.295 e. The molecular weight excluding hydrogens is 427 g/mol. The number of benzene rings is 2. The van der Waals surface area contributed by atoms with Crippen molar-refractivity contribution in [2.45, 2.75) is 18.7 Å². The molecule has 154 valence electrons. The van der Waals surface area contributed by atoms with Crippen molar-refractivity contribution in [3.8, 4) is 0 Å². The molecule has 0 saturated heterocycles. The first kappa shape index (κ1) is 20.0. The standard InChI is InChI=1S/C19H17FN6O2S2/c1-12-4-3-5-14(10-12)26(18-8-9-21-23-18)15-6-7-17(16(20)11-15)30(27,28)25-19-24-22-13(2)29-19/h3-11H,1-2H3,(H,21,23)(H,24,25). The van der Waals surface area contributed by atoms with Gasteiger partial charge in [0.05, 0.1) is 11.9 Å². The van der Waals surface area contributed by atoms with Gasteiger partial charge in [0.15, 0.2) is 0 Å². The fraction of sp³-hybridized carbons (Fsp3) is 0.105. The number of nitrogens with zero attached hydrogens (tertiary/aromatic N) is 4. The van der Waals surface area contributed by atoms with Crippen LogP contribution in [-0.4, -0.2) is 28.8 Å². The number of anilines is 4. The van der Waals surface area contributed by atoms with Crippen LogP contribution in [-0.2, 0) is 10.0 Å². The van der Waals surface area contributed by atoms with Gasteiger partial charge in [-0.25, -0.2) is 12.8 Å². The van der Waals surface area contributed by atoms with Crippen LogP contribution in [0.4, 0.5) is 26.7 Å². The van der Waals surface area contributed by atoms with E-state index in [9.17, 15) is 12.8 Å². The van der Waals surface area contributed by atoms with Crippen molar-refractivity contribution in [2.75, 3.05) is 9.62 Å². The Balaban J connectivity index is 1.73. The zero-order valence-electron chi connectivity index (χ0n) is 16.0. The molecule has 4 rings (SSSR count). The number of aromatic amines is 1. The molecule has 4 aromatic rings. The molecule has 30 heavy (non-hydrogen) atoms. The van der Waals surface area contributed by atoms with Crippen LogP contribution in [0.2, 0.25) is 0 Å². The summed E-state index contributed by atoms with van der Waals surface area (Å²) < 4.78 is 42.4. The lowest BCUT2D eigenvalue weighted by Crippen LogP contribution is -2.16. The van der Waals surface area contributed by atoms with E-state index in [-0.39, 0.29) is 5.13 Å². The molecule has 0 aliphatic heterocycles. The van der Waals surface area contributed by atoms with E-state index in [2.05, 4.69) is 25.1 Å². The minimum Gasteiger partial charge on any atom is -0.295 e. The number of nitrogens with one attached hydrogen (secondary N) is 2. The van der Waals surface area contributed by atoms with Gasteiger partial charge in [0.1, 0.15) is 21.5 Å². The quantitative estimate of drug-likeness (QED) is 0.460. The lowest BCUT2D eigenvalue weighted by atomic mass is 10.2. The Morgan fingerprint density at radius 2 is 1.87 bits per heavy atom. The third-order valence-corrected chi connectivity index (χ3v) is 6.45. The van der Waals surface area contributed by atoms with E-state index < -0.39 is 20.7 Å². The minimum absolute atomic E-state index is 0.0785. The number of sulfonamides is 1. The maximum absolute atomic E-state index is 14.9. The molecule has 0 bridgehead atoms. The second-order valence-electron chi connectivity index (χ2n) is 6.46. The molecule has 11 heteroatoms. The Morgan fingerprint density at radius 3 is 2.50 bits per heavy atom. The van der Waals surface area contributed by atoms with Crippen molar-refractivity contribution in [1.29, 1.82) is 0 Å². The van der Waals surface area contributed by atoms with E-state index in [1.54, 1.807) is 24.1 Å². The van der Waals surface area contributed by atoms with Crippen LogP contribution >= 0.6 is 11.3 Å². The minimum atomic E-state index is -4.15. The van der Waals surface area contributed by atoms with Gasteiger partial charge in [0.25, 0.3) is 10.0 Å². The number of halogens is 1. The predicted octanol–water partition coefficient (Wildman–Crippen LogP) is 4.29. The number of aromatic nitrogens is 4. The number of hydrogen-bond acceptors (Lipinski definition) is 7. The molecule has 2 heterocycles. The summed E-state index contributed by atoms with van der Waals surface area (Å²) in [4.78, 5) is 1.27. The fourth-order valence-corrected chi connectivity index (χ4v) is 4.80. The van der Waals surface area contributed by atoms with Gasteiger partial charge in [-0.05, 0) is 49.7 Å². The van der Waals surface area contributed by atoms with Gasteiger partial charge in [0, 0.05) is 11.8 Å². The highest BCUT2D eigenvalue weighted by Gasteiger charge is 2.23. The molecule has 2 N–H and O–H groups in total. The van der Waals surface area contributed by atoms with Crippen LogP contribution < -0.4 is 9.62 Å². The van der Waals surface area contributed by atoms with Crippen LogP contribution in [0.25, 0.3) is 0 Å². The van der Waals surface area contributed by atoms with E-state index >= 15 is 0 Å². The van der Waals surface area contributed by atoms with Gasteiger partial charge >= 0.3 is 0 Å². The first-order chi connectivity index (χ1) is 14.3. The summed E-state index contributed by atoms with van der Waals surface area (Å²) in [6, 6.07) is 13.3. The normalized spacial score (nSPS) is 11.4. The molecule has 2 aromatic heterocycles. The lowest BCUT2D eigenvalue weighted by molar-refractivity contribution is 0.570. The van der Waals surface area contributed by atoms with Crippen molar-refractivity contribution < 1.29 is 12.8 Å². The topological polar surface area (TPSA) is 104 Å². The van der Waals surface area contributed by atoms with Gasteiger partial charge in [-0.3, -0.25) is 14.7 Å². The molecule has 2 aromatic carbocycles. The SMILES string of the molecule is Cc1cccc(N(c2ccc(S(=O)(=O)Nc3nnc(C)s3)c(F)c2)c2ccn[nH]2)c1. The third-order valence-electron chi connectivity index (χ3n) is 4.20. The molecule has 0 unspecified atom stereocenters. The predicted molar refractivity (Wildman–Crippen MR) is 113 cm³/mol. The van der Waals surface area contributed by atoms with Gasteiger partial charge in [-0.2, -0.15) is 5.10 Å². The second-order valence-corrected chi connectivity index (χ2v) is 9.30. The molecular formula is C19H17FN6O2S2. The molecule has 0 amide bonds. The van der Waals surface area contributed by atoms with Gasteiger partial charge in [0.2, 0.25) is 5.13 Å². The first-order valence-electron chi connectivity index (χ1n) is 8.82. The van der Waals surface area contributed by atoms with Crippen molar-refractivity contribution in [3.63, 3.8) is 0 Å². The van der Waals surface area contributed by atoms with Crippen molar-refractivity contribution in [3.05, 3.63) is 71.1 Å². The number of H-pyrrole nitrogens is 1. The zero-order chi connectivity index (χ0) is 21.3. The van der Waals surface area contributed by atoms with E-state index in [0.717, 1.165) is 22.6 Å². The van der Waals surface area contributed by atoms with Crippen LogP contribution in [0.5, 0.6) is 0 Å². The van der Waals surface area contributed by atoms with E-state index in [1.165, 1.54) is 18.2 Å². The Hall–Kier alpha value is -3.31. The molecule has 0 spiro atoms. The molecule has 0 radical (unpaired) electrons. The summed E-state index contributed by atoms with van der Waals surface area (Å²) in [6.45, 7) is 3.64. The average Bonchev–Trinajstić information content (AvgIpc) is 3.34. The smallest absolute Gasteiger partial charge is 0.266 e. The number of rotatable bonds is 6. The molecule has 0 saturated carbocycles. The Kier molecular flexibility index (Phi) is 5.22. The average molecular weight is 445 g/mol. The van der Waals surface area contributed by atoms with Crippen molar-refractivity contribution >= 4 is 43.7 Å². The first-order valence-corrected chi connectivity index (χ1v) is 11.1. The van der Waals surface area contributed by atoms with E-state index in [4.69, 9.17) is 0 Å². The van der Waals surface area contributed by atoms with Crippen LogP contribution in [0.3, 0.4) is 0 Å². The summed E-state index contributed by atoms with van der Waals surface area (Å²) in [5.41, 5.74) is 2.23. The van der Waals surface area contributed by atoms with Crippen LogP contribution in [0.1, 0.15) is 10.6 Å². The zero-order valence-corrected chi connectivity index (χ0v) is 17.6. The number of hydrogen-bond donors (Lipinski definition) is 2. The maximum Gasteiger partial charge on any atom is 0.266 e. The van der Waals surface area contributed by atoms with Crippen molar-refractivity contribution in [2.24, 2.45) is 0 Å². The molecule has 0 atom stereocenters. The van der Waals surface area contributed by atoms with Crippen LogP contribution in [0.15, 0.2) is 59.6 Å². The summed E-state index contributed by atoms with van der Waals surface area (Å²) in [7, 11) is -4.15. The van der Waals surface area contributed by atoms with Crippen molar-refractivity contribution in [1.82, 2.24) is 20.4 Å². The second kappa shape index (κ2) is 7.84. The monoisotopic (exact) mass is 444 g/mol. The Bertz CT molecular complexity index is 1290. The van der Waals surface area contributed by atoms with Crippen LogP contribution in [0, 0.1) is 19.7 Å². The van der Waals surface area contributed by atoms with Gasteiger partial charge < -0.3 is 0 Å².